The second kappa shape index (κ2) is 3.20. The highest BCUT2D eigenvalue weighted by molar-refractivity contribution is 5.49. The van der Waals surface area contributed by atoms with Crippen LogP contribution in [0.3, 0.4) is 0 Å². The number of hydrogen-bond donors (Lipinski definition) is 1. The molecule has 4 heteroatoms. The number of aryl methyl sites for hydroxylation is 1. The van der Waals surface area contributed by atoms with Gasteiger partial charge < -0.3 is 9.55 Å². The van der Waals surface area contributed by atoms with Gasteiger partial charge >= 0.3 is 0 Å². The number of aromatic nitrogens is 4. The van der Waals surface area contributed by atoms with Gasteiger partial charge in [-0.1, -0.05) is 13.8 Å². The Bertz CT molecular complexity index is 493. The van der Waals surface area contributed by atoms with E-state index in [2.05, 4.69) is 33.6 Å². The van der Waals surface area contributed by atoms with E-state index in [-0.39, 0.29) is 0 Å². The van der Waals surface area contributed by atoms with E-state index in [0.29, 0.717) is 5.41 Å². The van der Waals surface area contributed by atoms with Gasteiger partial charge in [-0.3, -0.25) is 0 Å². The average molecular weight is 216 g/mol. The molecule has 1 aliphatic heterocycles. The number of fused-ring (bicyclic) bond motifs is 1. The van der Waals surface area contributed by atoms with Crippen molar-refractivity contribution < 1.29 is 0 Å². The van der Waals surface area contributed by atoms with Gasteiger partial charge in [0.25, 0.3) is 0 Å². The number of nitrogens with zero attached hydrogens (tertiary/aromatic N) is 3. The van der Waals surface area contributed by atoms with Crippen LogP contribution in [0.25, 0.3) is 11.5 Å². The minimum Gasteiger partial charge on any atom is -0.359 e. The molecule has 2 aromatic heterocycles. The van der Waals surface area contributed by atoms with Crippen LogP contribution in [0, 0.1) is 5.41 Å². The summed E-state index contributed by atoms with van der Waals surface area (Å²) in [7, 11) is 0. The van der Waals surface area contributed by atoms with Crippen LogP contribution in [0.4, 0.5) is 0 Å². The van der Waals surface area contributed by atoms with Gasteiger partial charge in [-0.2, -0.15) is 0 Å². The lowest BCUT2D eigenvalue weighted by Crippen LogP contribution is -2.27. The van der Waals surface area contributed by atoms with E-state index < -0.39 is 0 Å². The molecule has 0 fully saturated rings. The zero-order valence-corrected chi connectivity index (χ0v) is 9.70. The number of hydrogen-bond acceptors (Lipinski definition) is 2. The summed E-state index contributed by atoms with van der Waals surface area (Å²) in [4.78, 5) is 3.19. The largest absolute Gasteiger partial charge is 0.359 e. The van der Waals surface area contributed by atoms with Gasteiger partial charge in [0.2, 0.25) is 0 Å². The fourth-order valence-corrected chi connectivity index (χ4v) is 2.31. The third-order valence-corrected chi connectivity index (χ3v) is 3.28. The Hall–Kier alpha value is -1.58. The van der Waals surface area contributed by atoms with Crippen molar-refractivity contribution in [2.75, 3.05) is 0 Å². The quantitative estimate of drug-likeness (QED) is 0.794. The number of rotatable bonds is 1. The van der Waals surface area contributed by atoms with Gasteiger partial charge in [-0.05, 0) is 24.0 Å². The summed E-state index contributed by atoms with van der Waals surface area (Å²) >= 11 is 0. The summed E-state index contributed by atoms with van der Waals surface area (Å²) in [5.41, 5.74) is 1.40. The number of nitrogens with one attached hydrogen (secondary N) is 1. The first kappa shape index (κ1) is 9.63. The van der Waals surface area contributed by atoms with Crippen molar-refractivity contribution in [1.29, 1.82) is 0 Å². The van der Waals surface area contributed by atoms with Gasteiger partial charge in [0.15, 0.2) is 5.82 Å². The molecule has 1 N–H and O–H groups in total. The van der Waals surface area contributed by atoms with Crippen molar-refractivity contribution in [2.45, 2.75) is 33.2 Å². The highest BCUT2D eigenvalue weighted by Gasteiger charge is 2.28. The predicted octanol–water partition coefficient (Wildman–Crippen LogP) is 2.25. The van der Waals surface area contributed by atoms with Crippen LogP contribution in [-0.2, 0) is 13.0 Å². The summed E-state index contributed by atoms with van der Waals surface area (Å²) in [5.74, 6) is 2.08. The molecule has 0 saturated heterocycles. The Morgan fingerprint density at radius 3 is 3.00 bits per heavy atom. The van der Waals surface area contributed by atoms with Crippen molar-refractivity contribution in [1.82, 2.24) is 19.7 Å². The van der Waals surface area contributed by atoms with Crippen molar-refractivity contribution >= 4 is 0 Å². The Kier molecular flexibility index (Phi) is 1.93. The maximum Gasteiger partial charge on any atom is 0.180 e. The molecule has 0 radical (unpaired) electrons. The van der Waals surface area contributed by atoms with Crippen LogP contribution in [-0.4, -0.2) is 19.7 Å². The molecular formula is C12H16N4. The smallest absolute Gasteiger partial charge is 0.180 e. The molecule has 84 valence electrons. The molecule has 2 aromatic rings. The summed E-state index contributed by atoms with van der Waals surface area (Å²) < 4.78 is 2.25. The molecule has 16 heavy (non-hydrogen) atoms. The van der Waals surface area contributed by atoms with Crippen LogP contribution < -0.4 is 0 Å². The molecule has 1 aliphatic rings. The van der Waals surface area contributed by atoms with Crippen LogP contribution in [0.1, 0.15) is 26.1 Å². The fourth-order valence-electron chi connectivity index (χ4n) is 2.31. The standard InChI is InChI=1S/C12H16N4/c1-12(2)6-5-10-14-15-11(16(10)8-12)9-4-3-7-13-9/h3-4,7,13H,5-6,8H2,1-2H3. The van der Waals surface area contributed by atoms with Gasteiger partial charge in [-0.15, -0.1) is 10.2 Å². The fraction of sp³-hybridized carbons (Fsp3) is 0.500. The van der Waals surface area contributed by atoms with E-state index in [1.165, 1.54) is 6.42 Å². The maximum absolute atomic E-state index is 4.29. The van der Waals surface area contributed by atoms with Gasteiger partial charge in [0.05, 0.1) is 5.69 Å². The summed E-state index contributed by atoms with van der Waals surface area (Å²) in [6.45, 7) is 5.60. The normalized spacial score (nSPS) is 18.4. The molecule has 0 unspecified atom stereocenters. The number of H-pyrrole nitrogens is 1. The molecule has 0 atom stereocenters. The van der Waals surface area contributed by atoms with Crippen LogP contribution >= 0.6 is 0 Å². The first-order valence-corrected chi connectivity index (χ1v) is 5.72. The van der Waals surface area contributed by atoms with Crippen molar-refractivity contribution in [3.8, 4) is 11.5 Å². The van der Waals surface area contributed by atoms with E-state index in [1.807, 2.05) is 18.3 Å². The van der Waals surface area contributed by atoms with Crippen molar-refractivity contribution in [2.24, 2.45) is 5.41 Å². The van der Waals surface area contributed by atoms with Gasteiger partial charge in [0, 0.05) is 19.2 Å². The topological polar surface area (TPSA) is 46.5 Å². The molecular weight excluding hydrogens is 200 g/mol. The Morgan fingerprint density at radius 1 is 1.38 bits per heavy atom. The Morgan fingerprint density at radius 2 is 2.25 bits per heavy atom. The monoisotopic (exact) mass is 216 g/mol. The lowest BCUT2D eigenvalue weighted by atomic mass is 9.85. The molecule has 0 aromatic carbocycles. The highest BCUT2D eigenvalue weighted by atomic mass is 15.3. The average Bonchev–Trinajstić information content (AvgIpc) is 2.82. The second-order valence-corrected chi connectivity index (χ2v) is 5.27. The first-order valence-electron chi connectivity index (χ1n) is 5.72. The third-order valence-electron chi connectivity index (χ3n) is 3.28. The molecule has 0 amide bonds. The lowest BCUT2D eigenvalue weighted by Gasteiger charge is -2.30. The minimum atomic E-state index is 0.344. The molecule has 4 nitrogen and oxygen atoms in total. The molecule has 0 bridgehead atoms. The van der Waals surface area contributed by atoms with Crippen molar-refractivity contribution in [3.05, 3.63) is 24.2 Å². The summed E-state index contributed by atoms with van der Waals surface area (Å²) in [6, 6.07) is 4.03. The van der Waals surface area contributed by atoms with E-state index >= 15 is 0 Å². The Labute approximate surface area is 94.7 Å². The van der Waals surface area contributed by atoms with E-state index in [0.717, 1.165) is 30.3 Å². The third kappa shape index (κ3) is 1.45. The maximum atomic E-state index is 4.29. The SMILES string of the molecule is CC1(C)CCc2nnc(-c3ccc[nH]3)n2C1. The molecule has 0 spiro atoms. The number of aromatic amines is 1. The molecule has 0 saturated carbocycles. The predicted molar refractivity (Wildman–Crippen MR) is 61.9 cm³/mol. The van der Waals surface area contributed by atoms with E-state index in [1.54, 1.807) is 0 Å². The Balaban J connectivity index is 2.07. The van der Waals surface area contributed by atoms with Crippen LogP contribution in [0.2, 0.25) is 0 Å². The molecule has 3 rings (SSSR count). The summed E-state index contributed by atoms with van der Waals surface area (Å²) in [6.07, 6.45) is 4.14. The second-order valence-electron chi connectivity index (χ2n) is 5.27. The zero-order chi connectivity index (χ0) is 11.2. The van der Waals surface area contributed by atoms with Crippen LogP contribution in [0.5, 0.6) is 0 Å². The van der Waals surface area contributed by atoms with E-state index in [4.69, 9.17) is 0 Å². The first-order chi connectivity index (χ1) is 7.66. The molecule has 0 aliphatic carbocycles. The summed E-state index contributed by atoms with van der Waals surface area (Å²) in [5, 5.41) is 8.56. The highest BCUT2D eigenvalue weighted by Crippen LogP contribution is 2.32. The van der Waals surface area contributed by atoms with Crippen LogP contribution in [0.15, 0.2) is 18.3 Å². The lowest BCUT2D eigenvalue weighted by molar-refractivity contribution is 0.248. The van der Waals surface area contributed by atoms with E-state index in [9.17, 15) is 0 Å². The van der Waals surface area contributed by atoms with Gasteiger partial charge in [0.1, 0.15) is 5.82 Å². The zero-order valence-electron chi connectivity index (χ0n) is 9.70. The van der Waals surface area contributed by atoms with Crippen molar-refractivity contribution in [3.63, 3.8) is 0 Å². The van der Waals surface area contributed by atoms with Gasteiger partial charge in [-0.25, -0.2) is 0 Å². The molecule has 3 heterocycles. The minimum absolute atomic E-state index is 0.344.